The maximum absolute atomic E-state index is 13.2. The lowest BCUT2D eigenvalue weighted by molar-refractivity contribution is 0.0977. The molecule has 0 aliphatic rings. The van der Waals surface area contributed by atoms with Crippen LogP contribution in [0.1, 0.15) is 10.4 Å². The lowest BCUT2D eigenvalue weighted by atomic mass is 10.1. The largest absolute Gasteiger partial charge is 0.493 e. The highest BCUT2D eigenvalue weighted by Gasteiger charge is 2.17. The number of carbonyl (C=O) groups excluding carboxylic acids is 1. The predicted molar refractivity (Wildman–Crippen MR) is 101 cm³/mol. The number of hydrogen-bond donors (Lipinski definition) is 2. The van der Waals surface area contributed by atoms with Crippen LogP contribution in [0.15, 0.2) is 30.3 Å². The van der Waals surface area contributed by atoms with Crippen LogP contribution in [0.5, 0.6) is 17.2 Å². The lowest BCUT2D eigenvalue weighted by Crippen LogP contribution is -2.34. The Morgan fingerprint density at radius 1 is 1.08 bits per heavy atom. The SMILES string of the molecule is COc1cc(C(=O)NC(=S)Nc2ccc(F)c(Cl)c2)cc(OC)c1OC. The Morgan fingerprint density at radius 2 is 1.69 bits per heavy atom. The molecule has 0 fully saturated rings. The molecule has 0 radical (unpaired) electrons. The number of benzene rings is 2. The minimum Gasteiger partial charge on any atom is -0.493 e. The first kappa shape index (κ1) is 19.7. The quantitative estimate of drug-likeness (QED) is 0.749. The molecule has 0 aromatic heterocycles. The van der Waals surface area contributed by atoms with Gasteiger partial charge in [0, 0.05) is 11.3 Å². The van der Waals surface area contributed by atoms with Crippen LogP contribution in [0.3, 0.4) is 0 Å². The Morgan fingerprint density at radius 3 is 2.19 bits per heavy atom. The van der Waals surface area contributed by atoms with E-state index in [1.165, 1.54) is 51.7 Å². The molecule has 138 valence electrons. The number of hydrogen-bond acceptors (Lipinski definition) is 5. The summed E-state index contributed by atoms with van der Waals surface area (Å²) in [4.78, 5) is 12.4. The first-order chi connectivity index (χ1) is 12.4. The van der Waals surface area contributed by atoms with Crippen LogP contribution in [-0.4, -0.2) is 32.3 Å². The summed E-state index contributed by atoms with van der Waals surface area (Å²) in [7, 11) is 4.36. The van der Waals surface area contributed by atoms with Gasteiger partial charge < -0.3 is 19.5 Å². The minimum absolute atomic E-state index is 0.0198. The molecule has 0 unspecified atom stereocenters. The number of anilines is 1. The monoisotopic (exact) mass is 398 g/mol. The first-order valence-electron chi connectivity index (χ1n) is 7.27. The van der Waals surface area contributed by atoms with Crippen molar-refractivity contribution in [2.45, 2.75) is 0 Å². The Balaban J connectivity index is 2.15. The molecule has 26 heavy (non-hydrogen) atoms. The summed E-state index contributed by atoms with van der Waals surface area (Å²) in [5, 5.41) is 5.22. The molecule has 6 nitrogen and oxygen atoms in total. The van der Waals surface area contributed by atoms with Gasteiger partial charge in [0.15, 0.2) is 16.6 Å². The normalized spacial score (nSPS) is 10.0. The zero-order chi connectivity index (χ0) is 19.3. The number of ether oxygens (including phenoxy) is 3. The average molecular weight is 399 g/mol. The van der Waals surface area contributed by atoms with Gasteiger partial charge in [-0.2, -0.15) is 0 Å². The van der Waals surface area contributed by atoms with E-state index < -0.39 is 11.7 Å². The van der Waals surface area contributed by atoms with E-state index in [9.17, 15) is 9.18 Å². The second kappa shape index (κ2) is 8.68. The fraction of sp³-hybridized carbons (Fsp3) is 0.176. The number of methoxy groups -OCH3 is 3. The molecule has 0 atom stereocenters. The Kier molecular flexibility index (Phi) is 6.59. The van der Waals surface area contributed by atoms with E-state index in [0.717, 1.165) is 0 Å². The number of carbonyl (C=O) groups is 1. The van der Waals surface area contributed by atoms with Gasteiger partial charge in [-0.3, -0.25) is 10.1 Å². The summed E-state index contributed by atoms with van der Waals surface area (Å²) in [5.74, 6) is -0.00449. The van der Waals surface area contributed by atoms with Crippen molar-refractivity contribution in [1.29, 1.82) is 0 Å². The van der Waals surface area contributed by atoms with Gasteiger partial charge in [-0.05, 0) is 42.5 Å². The van der Waals surface area contributed by atoms with Gasteiger partial charge in [-0.25, -0.2) is 4.39 Å². The van der Waals surface area contributed by atoms with Crippen LogP contribution in [0.25, 0.3) is 0 Å². The van der Waals surface area contributed by atoms with E-state index >= 15 is 0 Å². The number of rotatable bonds is 5. The predicted octanol–water partition coefficient (Wildman–Crippen LogP) is 3.63. The van der Waals surface area contributed by atoms with Crippen molar-refractivity contribution in [3.8, 4) is 17.2 Å². The van der Waals surface area contributed by atoms with E-state index in [-0.39, 0.29) is 15.7 Å². The van der Waals surface area contributed by atoms with Gasteiger partial charge in [0.25, 0.3) is 5.91 Å². The fourth-order valence-electron chi connectivity index (χ4n) is 2.12. The van der Waals surface area contributed by atoms with Crippen LogP contribution in [0.2, 0.25) is 5.02 Å². The Bertz CT molecular complexity index is 823. The topological polar surface area (TPSA) is 68.8 Å². The van der Waals surface area contributed by atoms with Gasteiger partial charge in [0.2, 0.25) is 5.75 Å². The number of thiocarbonyl (C=S) groups is 1. The summed E-state index contributed by atoms with van der Waals surface area (Å²) >= 11 is 10.8. The maximum Gasteiger partial charge on any atom is 0.257 e. The standard InChI is InChI=1S/C17H16ClFN2O4S/c1-23-13-6-9(7-14(24-2)15(13)25-3)16(22)21-17(26)20-10-4-5-12(19)11(18)8-10/h4-8H,1-3H3,(H2,20,21,22,26). The highest BCUT2D eigenvalue weighted by Crippen LogP contribution is 2.38. The van der Waals surface area contributed by atoms with Crippen LogP contribution < -0.4 is 24.8 Å². The first-order valence-corrected chi connectivity index (χ1v) is 8.05. The average Bonchev–Trinajstić information content (AvgIpc) is 2.63. The highest BCUT2D eigenvalue weighted by molar-refractivity contribution is 7.80. The Labute approximate surface area is 160 Å². The zero-order valence-electron chi connectivity index (χ0n) is 14.2. The maximum atomic E-state index is 13.2. The zero-order valence-corrected chi connectivity index (χ0v) is 15.8. The van der Waals surface area contributed by atoms with Crippen molar-refractivity contribution in [1.82, 2.24) is 5.32 Å². The third kappa shape index (κ3) is 4.53. The third-order valence-electron chi connectivity index (χ3n) is 3.33. The molecule has 0 saturated carbocycles. The van der Waals surface area contributed by atoms with E-state index in [0.29, 0.717) is 22.9 Å². The van der Waals surface area contributed by atoms with Crippen molar-refractivity contribution in [2.75, 3.05) is 26.6 Å². The fourth-order valence-corrected chi connectivity index (χ4v) is 2.51. The van der Waals surface area contributed by atoms with E-state index in [1.807, 2.05) is 0 Å². The summed E-state index contributed by atoms with van der Waals surface area (Å²) in [6, 6.07) is 6.98. The van der Waals surface area contributed by atoms with E-state index in [4.69, 9.17) is 38.0 Å². The summed E-state index contributed by atoms with van der Waals surface area (Å²) in [6.07, 6.45) is 0. The number of nitrogens with one attached hydrogen (secondary N) is 2. The molecule has 1 amide bonds. The van der Waals surface area contributed by atoms with E-state index in [1.54, 1.807) is 0 Å². The van der Waals surface area contributed by atoms with Crippen LogP contribution >= 0.6 is 23.8 Å². The number of amides is 1. The smallest absolute Gasteiger partial charge is 0.257 e. The van der Waals surface area contributed by atoms with Crippen LogP contribution in [0, 0.1) is 5.82 Å². The Hall–Kier alpha value is -2.58. The molecule has 2 aromatic carbocycles. The van der Waals surface area contributed by atoms with Crippen molar-refractivity contribution < 1.29 is 23.4 Å². The number of halogens is 2. The van der Waals surface area contributed by atoms with E-state index in [2.05, 4.69) is 10.6 Å². The highest BCUT2D eigenvalue weighted by atomic mass is 35.5. The molecule has 0 saturated heterocycles. The molecule has 0 bridgehead atoms. The molecule has 2 N–H and O–H groups in total. The van der Waals surface area contributed by atoms with Crippen molar-refractivity contribution in [3.63, 3.8) is 0 Å². The molecular formula is C17H16ClFN2O4S. The van der Waals surface area contributed by atoms with Crippen molar-refractivity contribution >= 4 is 40.5 Å². The summed E-state index contributed by atoms with van der Waals surface area (Å²) in [6.45, 7) is 0. The van der Waals surface area contributed by atoms with Crippen molar-refractivity contribution in [2.24, 2.45) is 0 Å². The molecule has 0 aliphatic heterocycles. The molecule has 2 rings (SSSR count). The molecule has 0 aliphatic carbocycles. The molecule has 9 heteroatoms. The second-order valence-corrected chi connectivity index (χ2v) is 5.77. The van der Waals surface area contributed by atoms with Gasteiger partial charge in [-0.15, -0.1) is 0 Å². The third-order valence-corrected chi connectivity index (χ3v) is 3.83. The summed E-state index contributed by atoms with van der Waals surface area (Å²) < 4.78 is 28.8. The van der Waals surface area contributed by atoms with Gasteiger partial charge >= 0.3 is 0 Å². The van der Waals surface area contributed by atoms with Crippen LogP contribution in [0.4, 0.5) is 10.1 Å². The lowest BCUT2D eigenvalue weighted by Gasteiger charge is -2.14. The minimum atomic E-state index is -0.551. The second-order valence-electron chi connectivity index (χ2n) is 4.95. The van der Waals surface area contributed by atoms with Gasteiger partial charge in [0.05, 0.1) is 26.4 Å². The van der Waals surface area contributed by atoms with Crippen LogP contribution in [-0.2, 0) is 0 Å². The molecule has 0 heterocycles. The summed E-state index contributed by atoms with van der Waals surface area (Å²) in [5.41, 5.74) is 0.687. The molecular weight excluding hydrogens is 383 g/mol. The van der Waals surface area contributed by atoms with Gasteiger partial charge in [-0.1, -0.05) is 11.6 Å². The van der Waals surface area contributed by atoms with Gasteiger partial charge in [0.1, 0.15) is 5.82 Å². The molecule has 2 aromatic rings. The molecule has 0 spiro atoms. The van der Waals surface area contributed by atoms with Crippen molar-refractivity contribution in [3.05, 3.63) is 46.7 Å².